The van der Waals surface area contributed by atoms with E-state index in [1.807, 2.05) is 19.2 Å². The number of nitrogens with zero attached hydrogens (tertiary/aromatic N) is 2. The van der Waals surface area contributed by atoms with Crippen molar-refractivity contribution in [1.29, 1.82) is 0 Å². The smallest absolute Gasteiger partial charge is 0.230 e. The Morgan fingerprint density at radius 2 is 1.91 bits per heavy atom. The Morgan fingerprint density at radius 3 is 2.55 bits per heavy atom. The molecule has 0 aliphatic carbocycles. The maximum atomic E-state index is 5.74. The van der Waals surface area contributed by atoms with Crippen molar-refractivity contribution in [1.82, 2.24) is 15.5 Å². The molecule has 22 heavy (non-hydrogen) atoms. The average molecular weight is 326 g/mol. The number of hydrogen-bond acceptors (Lipinski definition) is 5. The van der Waals surface area contributed by atoms with Gasteiger partial charge < -0.3 is 14.6 Å². The molecule has 0 aliphatic rings. The Morgan fingerprint density at radius 1 is 1.23 bits per heavy atom. The van der Waals surface area contributed by atoms with Crippen molar-refractivity contribution >= 4 is 12.4 Å². The number of aryl methyl sites for hydroxylation is 2. The highest BCUT2D eigenvalue weighted by Crippen LogP contribution is 2.16. The zero-order chi connectivity index (χ0) is 15.2. The summed E-state index contributed by atoms with van der Waals surface area (Å²) in [6.45, 7) is 6.74. The third-order valence-corrected chi connectivity index (χ3v) is 3.27. The van der Waals surface area contributed by atoms with Crippen LogP contribution in [0.2, 0.25) is 0 Å². The number of aromatic nitrogens is 2. The first-order chi connectivity index (χ1) is 10.1. The molecule has 0 bridgehead atoms. The number of hydrogen-bond donors (Lipinski definition) is 1. The van der Waals surface area contributed by atoms with Crippen LogP contribution in [0.3, 0.4) is 0 Å². The van der Waals surface area contributed by atoms with Crippen molar-refractivity contribution in [2.24, 2.45) is 0 Å². The quantitative estimate of drug-likeness (QED) is 0.848. The van der Waals surface area contributed by atoms with Gasteiger partial charge in [-0.05, 0) is 51.1 Å². The molecule has 6 heteroatoms. The Kier molecular flexibility index (Phi) is 7.35. The number of benzene rings is 1. The molecule has 122 valence electrons. The second kappa shape index (κ2) is 8.76. The third-order valence-electron chi connectivity index (χ3n) is 3.27. The van der Waals surface area contributed by atoms with Gasteiger partial charge in [0.25, 0.3) is 0 Å². The first-order valence-corrected chi connectivity index (χ1v) is 7.26. The van der Waals surface area contributed by atoms with Gasteiger partial charge in [0.05, 0.1) is 13.0 Å². The minimum Gasteiger partial charge on any atom is -0.493 e. The fourth-order valence-corrected chi connectivity index (χ4v) is 2.12. The first-order valence-electron chi connectivity index (χ1n) is 7.26. The van der Waals surface area contributed by atoms with E-state index in [0.717, 1.165) is 18.0 Å². The molecule has 0 saturated heterocycles. The first kappa shape index (κ1) is 18.5. The van der Waals surface area contributed by atoms with E-state index in [0.29, 0.717) is 25.0 Å². The molecule has 0 saturated carbocycles. The molecule has 2 aromatic rings. The van der Waals surface area contributed by atoms with Gasteiger partial charge in [-0.15, -0.1) is 12.4 Å². The van der Waals surface area contributed by atoms with Crippen LogP contribution in [0, 0.1) is 13.8 Å². The van der Waals surface area contributed by atoms with E-state index < -0.39 is 0 Å². The minimum absolute atomic E-state index is 0. The van der Waals surface area contributed by atoms with Gasteiger partial charge in [0.2, 0.25) is 5.89 Å². The summed E-state index contributed by atoms with van der Waals surface area (Å²) in [7, 11) is 1.92. The van der Waals surface area contributed by atoms with Crippen molar-refractivity contribution < 1.29 is 9.26 Å². The summed E-state index contributed by atoms with van der Waals surface area (Å²) >= 11 is 0. The second-order valence-corrected chi connectivity index (χ2v) is 5.42. The van der Waals surface area contributed by atoms with Crippen LogP contribution in [-0.2, 0) is 12.8 Å². The largest absolute Gasteiger partial charge is 0.493 e. The van der Waals surface area contributed by atoms with E-state index >= 15 is 0 Å². The molecular formula is C16H24ClN3O2. The van der Waals surface area contributed by atoms with Gasteiger partial charge in [0.15, 0.2) is 5.82 Å². The fraction of sp³-hybridized carbons (Fsp3) is 0.500. The Hall–Kier alpha value is -1.59. The van der Waals surface area contributed by atoms with Crippen LogP contribution in [0.25, 0.3) is 0 Å². The number of ether oxygens (including phenoxy) is 1. The lowest BCUT2D eigenvalue weighted by Crippen LogP contribution is -2.24. The van der Waals surface area contributed by atoms with Crippen molar-refractivity contribution in [3.63, 3.8) is 0 Å². The molecule has 5 nitrogen and oxygen atoms in total. The van der Waals surface area contributed by atoms with Crippen molar-refractivity contribution in [3.05, 3.63) is 41.0 Å². The van der Waals surface area contributed by atoms with E-state index in [-0.39, 0.29) is 12.4 Å². The highest BCUT2D eigenvalue weighted by atomic mass is 35.5. The normalized spacial score (nSPS) is 11.8. The zero-order valence-electron chi connectivity index (χ0n) is 13.5. The van der Waals surface area contributed by atoms with Crippen molar-refractivity contribution in [2.45, 2.75) is 39.7 Å². The molecule has 0 fully saturated rings. The molecule has 1 heterocycles. The van der Waals surface area contributed by atoms with E-state index in [1.54, 1.807) is 0 Å². The second-order valence-electron chi connectivity index (χ2n) is 5.42. The predicted molar refractivity (Wildman–Crippen MR) is 88.9 cm³/mol. The topological polar surface area (TPSA) is 60.2 Å². The maximum absolute atomic E-state index is 5.74. The monoisotopic (exact) mass is 325 g/mol. The Balaban J connectivity index is 0.00000242. The summed E-state index contributed by atoms with van der Waals surface area (Å²) in [5, 5.41) is 7.13. The number of nitrogens with one attached hydrogen (secondary N) is 1. The average Bonchev–Trinajstić information content (AvgIpc) is 2.85. The number of rotatable bonds is 7. The lowest BCUT2D eigenvalue weighted by molar-refractivity contribution is 0.291. The Bertz CT molecular complexity index is 566. The van der Waals surface area contributed by atoms with Gasteiger partial charge in [-0.2, -0.15) is 4.98 Å². The molecule has 0 amide bonds. The fourth-order valence-electron chi connectivity index (χ4n) is 2.12. The van der Waals surface area contributed by atoms with Gasteiger partial charge in [-0.3, -0.25) is 0 Å². The number of halogens is 1. The molecule has 2 rings (SSSR count). The molecule has 0 spiro atoms. The van der Waals surface area contributed by atoms with Crippen LogP contribution in [0.5, 0.6) is 5.75 Å². The summed E-state index contributed by atoms with van der Waals surface area (Å²) in [4.78, 5) is 4.37. The summed E-state index contributed by atoms with van der Waals surface area (Å²) in [6.07, 6.45) is 1.38. The predicted octanol–water partition coefficient (Wildman–Crippen LogP) is 2.88. The summed E-state index contributed by atoms with van der Waals surface area (Å²) in [5.41, 5.74) is 2.40. The molecule has 0 radical (unpaired) electrons. The lowest BCUT2D eigenvalue weighted by atomic mass is 10.1. The van der Waals surface area contributed by atoms with Crippen molar-refractivity contribution in [3.8, 4) is 5.75 Å². The van der Waals surface area contributed by atoms with E-state index in [1.165, 1.54) is 11.1 Å². The third kappa shape index (κ3) is 5.66. The molecular weight excluding hydrogens is 302 g/mol. The van der Waals surface area contributed by atoms with Crippen LogP contribution < -0.4 is 10.1 Å². The summed E-state index contributed by atoms with van der Waals surface area (Å²) < 4.78 is 11.0. The molecule has 1 N–H and O–H groups in total. The molecule has 1 unspecified atom stereocenters. The number of likely N-dealkylation sites (N-methyl/N-ethyl adjacent to an activating group) is 1. The van der Waals surface area contributed by atoms with Crippen LogP contribution in [0.4, 0.5) is 0 Å². The SMILES string of the molecule is CNC(C)Cc1noc(CCOc2cc(C)cc(C)c2)n1.Cl. The van der Waals surface area contributed by atoms with Crippen LogP contribution >= 0.6 is 12.4 Å². The highest BCUT2D eigenvalue weighted by molar-refractivity contribution is 5.85. The van der Waals surface area contributed by atoms with Gasteiger partial charge in [-0.1, -0.05) is 11.2 Å². The van der Waals surface area contributed by atoms with Gasteiger partial charge in [0, 0.05) is 12.5 Å². The van der Waals surface area contributed by atoms with Gasteiger partial charge in [-0.25, -0.2) is 0 Å². The van der Waals surface area contributed by atoms with E-state index in [4.69, 9.17) is 9.26 Å². The lowest BCUT2D eigenvalue weighted by Gasteiger charge is -2.06. The van der Waals surface area contributed by atoms with Gasteiger partial charge >= 0.3 is 0 Å². The Labute approximate surface area is 137 Å². The maximum Gasteiger partial charge on any atom is 0.230 e. The molecule has 1 aromatic heterocycles. The van der Waals surface area contributed by atoms with Crippen LogP contribution in [0.15, 0.2) is 22.7 Å². The van der Waals surface area contributed by atoms with E-state index in [2.05, 4.69) is 42.3 Å². The molecule has 1 aromatic carbocycles. The van der Waals surface area contributed by atoms with Crippen LogP contribution in [-0.4, -0.2) is 29.8 Å². The zero-order valence-corrected chi connectivity index (χ0v) is 14.4. The van der Waals surface area contributed by atoms with E-state index in [9.17, 15) is 0 Å². The summed E-state index contributed by atoms with van der Waals surface area (Å²) in [5.74, 6) is 2.24. The summed E-state index contributed by atoms with van der Waals surface area (Å²) in [6, 6.07) is 6.52. The minimum atomic E-state index is 0. The van der Waals surface area contributed by atoms with Crippen LogP contribution in [0.1, 0.15) is 29.8 Å². The van der Waals surface area contributed by atoms with Gasteiger partial charge in [0.1, 0.15) is 5.75 Å². The van der Waals surface area contributed by atoms with Crippen molar-refractivity contribution in [2.75, 3.05) is 13.7 Å². The standard InChI is InChI=1S/C16H23N3O2.ClH/c1-11-7-12(2)9-14(8-11)20-6-5-16-18-15(19-21-16)10-13(3)17-4;/h7-9,13,17H,5-6,10H2,1-4H3;1H. The highest BCUT2D eigenvalue weighted by Gasteiger charge is 2.09. The molecule has 0 aliphatic heterocycles. The molecule has 1 atom stereocenters.